The molecule has 0 saturated heterocycles. The SMILES string of the molecule is COc1cccc(NC(=O)CSCC(=O)[O-])c1. The van der Waals surface area contributed by atoms with Gasteiger partial charge in [-0.3, -0.25) is 4.79 Å². The number of amides is 1. The number of thioether (sulfide) groups is 1. The number of hydrogen-bond acceptors (Lipinski definition) is 5. The summed E-state index contributed by atoms with van der Waals surface area (Å²) in [5.41, 5.74) is 0.614. The molecule has 0 aliphatic heterocycles. The van der Waals surface area contributed by atoms with Gasteiger partial charge in [0.2, 0.25) is 5.91 Å². The van der Waals surface area contributed by atoms with Gasteiger partial charge in [0.05, 0.1) is 18.8 Å². The molecule has 1 N–H and O–H groups in total. The summed E-state index contributed by atoms with van der Waals surface area (Å²) in [5.74, 6) is -0.907. The van der Waals surface area contributed by atoms with Crippen molar-refractivity contribution in [1.29, 1.82) is 0 Å². The number of methoxy groups -OCH3 is 1. The van der Waals surface area contributed by atoms with Crippen molar-refractivity contribution in [3.05, 3.63) is 24.3 Å². The lowest BCUT2D eigenvalue weighted by molar-refractivity contribution is -0.301. The fourth-order valence-electron chi connectivity index (χ4n) is 1.12. The minimum absolute atomic E-state index is 0.0746. The summed E-state index contributed by atoms with van der Waals surface area (Å²) in [6.07, 6.45) is 0. The van der Waals surface area contributed by atoms with Crippen LogP contribution in [0.25, 0.3) is 0 Å². The van der Waals surface area contributed by atoms with E-state index in [-0.39, 0.29) is 17.4 Å². The third-order valence-corrected chi connectivity index (χ3v) is 2.71. The zero-order valence-electron chi connectivity index (χ0n) is 9.26. The molecule has 0 radical (unpaired) electrons. The van der Waals surface area contributed by atoms with Gasteiger partial charge in [0.15, 0.2) is 0 Å². The molecule has 5 nitrogen and oxygen atoms in total. The van der Waals surface area contributed by atoms with Crippen LogP contribution in [0, 0.1) is 0 Å². The number of nitrogens with one attached hydrogen (secondary N) is 1. The van der Waals surface area contributed by atoms with E-state index in [2.05, 4.69) is 5.32 Å². The van der Waals surface area contributed by atoms with Gasteiger partial charge in [0, 0.05) is 17.5 Å². The number of carbonyl (C=O) groups is 2. The normalized spacial score (nSPS) is 9.71. The van der Waals surface area contributed by atoms with E-state index >= 15 is 0 Å². The molecule has 1 aromatic rings. The van der Waals surface area contributed by atoms with Crippen molar-refractivity contribution in [3.63, 3.8) is 0 Å². The standard InChI is InChI=1S/C11H13NO4S/c1-16-9-4-2-3-8(5-9)12-10(13)6-17-7-11(14)15/h2-5H,6-7H2,1H3,(H,12,13)(H,14,15)/p-1. The topological polar surface area (TPSA) is 78.5 Å². The first-order valence-electron chi connectivity index (χ1n) is 4.83. The Morgan fingerprint density at radius 3 is 2.82 bits per heavy atom. The van der Waals surface area contributed by atoms with Crippen LogP contribution in [-0.2, 0) is 9.59 Å². The summed E-state index contributed by atoms with van der Waals surface area (Å²) in [6.45, 7) is 0. The molecule has 6 heteroatoms. The predicted molar refractivity (Wildman–Crippen MR) is 64.0 cm³/mol. The van der Waals surface area contributed by atoms with Crippen LogP contribution >= 0.6 is 11.8 Å². The zero-order valence-corrected chi connectivity index (χ0v) is 10.1. The second-order valence-corrected chi connectivity index (χ2v) is 4.13. The number of anilines is 1. The van der Waals surface area contributed by atoms with Gasteiger partial charge >= 0.3 is 0 Å². The number of carboxylic acids is 1. The number of carbonyl (C=O) groups excluding carboxylic acids is 2. The zero-order chi connectivity index (χ0) is 12.7. The predicted octanol–water partition coefficient (Wildman–Crippen LogP) is 0.117. The summed E-state index contributed by atoms with van der Waals surface area (Å²) < 4.78 is 5.01. The Morgan fingerprint density at radius 1 is 1.41 bits per heavy atom. The minimum Gasteiger partial charge on any atom is -0.549 e. The van der Waals surface area contributed by atoms with Crippen LogP contribution in [-0.4, -0.2) is 30.5 Å². The molecule has 0 aliphatic carbocycles. The maximum absolute atomic E-state index is 11.4. The van der Waals surface area contributed by atoms with Gasteiger partial charge in [0.25, 0.3) is 0 Å². The van der Waals surface area contributed by atoms with Gasteiger partial charge in [-0.2, -0.15) is 0 Å². The van der Waals surface area contributed by atoms with E-state index < -0.39 is 5.97 Å². The summed E-state index contributed by atoms with van der Waals surface area (Å²) in [7, 11) is 1.54. The summed E-state index contributed by atoms with van der Waals surface area (Å²) in [6, 6.07) is 6.93. The Morgan fingerprint density at radius 2 is 2.18 bits per heavy atom. The van der Waals surface area contributed by atoms with Crippen LogP contribution in [0.4, 0.5) is 5.69 Å². The Labute approximate surface area is 103 Å². The van der Waals surface area contributed by atoms with Crippen LogP contribution in [0.2, 0.25) is 0 Å². The Bertz CT molecular complexity index is 408. The molecule has 0 aliphatic rings. The highest BCUT2D eigenvalue weighted by Crippen LogP contribution is 2.16. The fraction of sp³-hybridized carbons (Fsp3) is 0.273. The maximum Gasteiger partial charge on any atom is 0.234 e. The lowest BCUT2D eigenvalue weighted by Crippen LogP contribution is -2.25. The lowest BCUT2D eigenvalue weighted by atomic mass is 10.3. The van der Waals surface area contributed by atoms with Gasteiger partial charge in [-0.25, -0.2) is 0 Å². The molecule has 0 atom stereocenters. The molecule has 0 aromatic heterocycles. The number of carboxylic acid groups (broad SMARTS) is 1. The van der Waals surface area contributed by atoms with Gasteiger partial charge in [-0.15, -0.1) is 11.8 Å². The quantitative estimate of drug-likeness (QED) is 0.780. The highest BCUT2D eigenvalue weighted by molar-refractivity contribution is 8.00. The van der Waals surface area contributed by atoms with Gasteiger partial charge < -0.3 is 20.0 Å². The first-order chi connectivity index (χ1) is 8.11. The maximum atomic E-state index is 11.4. The smallest absolute Gasteiger partial charge is 0.234 e. The van der Waals surface area contributed by atoms with E-state index in [1.54, 1.807) is 24.3 Å². The number of rotatable bonds is 6. The molecule has 1 rings (SSSR count). The monoisotopic (exact) mass is 254 g/mol. The highest BCUT2D eigenvalue weighted by Gasteiger charge is 2.03. The minimum atomic E-state index is -1.18. The van der Waals surface area contributed by atoms with Crippen molar-refractivity contribution >= 4 is 29.3 Å². The second kappa shape index (κ2) is 6.80. The van der Waals surface area contributed by atoms with Crippen LogP contribution in [0.15, 0.2) is 24.3 Å². The van der Waals surface area contributed by atoms with E-state index in [1.807, 2.05) is 0 Å². The van der Waals surface area contributed by atoms with E-state index in [1.165, 1.54) is 7.11 Å². The van der Waals surface area contributed by atoms with E-state index in [4.69, 9.17) is 4.74 Å². The molecule has 0 saturated carbocycles. The van der Waals surface area contributed by atoms with Crippen molar-refractivity contribution in [3.8, 4) is 5.75 Å². The molecule has 0 heterocycles. The molecule has 92 valence electrons. The summed E-state index contributed by atoms with van der Waals surface area (Å²) in [4.78, 5) is 21.5. The van der Waals surface area contributed by atoms with Crippen LogP contribution in [0.3, 0.4) is 0 Å². The second-order valence-electron chi connectivity index (χ2n) is 3.14. The largest absolute Gasteiger partial charge is 0.549 e. The third-order valence-electron chi connectivity index (χ3n) is 1.81. The number of hydrogen-bond donors (Lipinski definition) is 1. The van der Waals surface area contributed by atoms with E-state index in [9.17, 15) is 14.7 Å². The first-order valence-corrected chi connectivity index (χ1v) is 5.99. The van der Waals surface area contributed by atoms with Crippen LogP contribution in [0.1, 0.15) is 0 Å². The summed E-state index contributed by atoms with van der Waals surface area (Å²) in [5, 5.41) is 12.8. The molecular formula is C11H12NO4S-. The average Bonchev–Trinajstić information content (AvgIpc) is 2.28. The fourth-order valence-corrected chi connectivity index (χ4v) is 1.65. The molecular weight excluding hydrogens is 242 g/mol. The molecule has 1 amide bonds. The van der Waals surface area contributed by atoms with E-state index in [0.717, 1.165) is 11.8 Å². The molecule has 0 fully saturated rings. The molecule has 0 spiro atoms. The summed E-state index contributed by atoms with van der Waals surface area (Å²) >= 11 is 0.993. The van der Waals surface area contributed by atoms with Crippen molar-refractivity contribution in [2.45, 2.75) is 0 Å². The van der Waals surface area contributed by atoms with Gasteiger partial charge in [-0.05, 0) is 12.1 Å². The van der Waals surface area contributed by atoms with E-state index in [0.29, 0.717) is 11.4 Å². The van der Waals surface area contributed by atoms with Crippen LogP contribution in [0.5, 0.6) is 5.75 Å². The number of benzene rings is 1. The van der Waals surface area contributed by atoms with Crippen molar-refractivity contribution in [1.82, 2.24) is 0 Å². The van der Waals surface area contributed by atoms with Crippen molar-refractivity contribution in [2.24, 2.45) is 0 Å². The van der Waals surface area contributed by atoms with Gasteiger partial charge in [-0.1, -0.05) is 6.07 Å². The molecule has 1 aromatic carbocycles. The molecule has 0 unspecified atom stereocenters. The van der Waals surface area contributed by atoms with Crippen LogP contribution < -0.4 is 15.2 Å². The third kappa shape index (κ3) is 5.26. The molecule has 0 bridgehead atoms. The Balaban J connectivity index is 2.42. The number of ether oxygens (including phenoxy) is 1. The highest BCUT2D eigenvalue weighted by atomic mass is 32.2. The van der Waals surface area contributed by atoms with Crippen molar-refractivity contribution in [2.75, 3.05) is 23.9 Å². The first kappa shape index (κ1) is 13.4. The lowest BCUT2D eigenvalue weighted by Gasteiger charge is -2.07. The van der Waals surface area contributed by atoms with Crippen molar-refractivity contribution < 1.29 is 19.4 Å². The van der Waals surface area contributed by atoms with Gasteiger partial charge in [0.1, 0.15) is 5.75 Å². The Kier molecular flexibility index (Phi) is 5.35. The number of aliphatic carboxylic acids is 1. The Hall–Kier alpha value is -1.69. The molecule has 17 heavy (non-hydrogen) atoms. The average molecular weight is 254 g/mol.